The van der Waals surface area contributed by atoms with Crippen LogP contribution in [0.2, 0.25) is 0 Å². The van der Waals surface area contributed by atoms with E-state index in [1.54, 1.807) is 12.1 Å². The molecule has 0 aromatic carbocycles. The van der Waals surface area contributed by atoms with E-state index in [0.29, 0.717) is 29.6 Å². The van der Waals surface area contributed by atoms with Crippen LogP contribution >= 0.6 is 0 Å². The predicted molar refractivity (Wildman–Crippen MR) is 66.1 cm³/mol. The maximum Gasteiger partial charge on any atom is 0.169 e. The predicted octanol–water partition coefficient (Wildman–Crippen LogP) is 2.66. The highest BCUT2D eigenvalue weighted by atomic mass is 16.5. The molecule has 0 amide bonds. The summed E-state index contributed by atoms with van der Waals surface area (Å²) in [6.07, 6.45) is 0.916. The van der Waals surface area contributed by atoms with E-state index in [2.05, 4.69) is 13.2 Å². The maximum atomic E-state index is 8.62. The molecule has 0 saturated carbocycles. The zero-order valence-electron chi connectivity index (χ0n) is 10.1. The monoisotopic (exact) mass is 238 g/mol. The van der Waals surface area contributed by atoms with Crippen LogP contribution in [-0.2, 0) is 9.47 Å². The lowest BCUT2D eigenvalue weighted by molar-refractivity contribution is 0.177. The average molecular weight is 238 g/mol. The van der Waals surface area contributed by atoms with Gasteiger partial charge in [-0.3, -0.25) is 0 Å². The van der Waals surface area contributed by atoms with Gasteiger partial charge in [-0.05, 0) is 18.6 Å². The Balaban J connectivity index is 2.58. The smallest absolute Gasteiger partial charge is 0.169 e. The van der Waals surface area contributed by atoms with E-state index < -0.39 is 0 Å². The normalized spacial score (nSPS) is 10.0. The molecule has 4 nitrogen and oxygen atoms in total. The fraction of sp³-hybridized carbons (Fsp3) is 0.385. The Labute approximate surface area is 101 Å². The third-order valence-electron chi connectivity index (χ3n) is 2.00. The molecular weight excluding hydrogens is 220 g/mol. The average Bonchev–Trinajstić information content (AvgIpc) is 2.82. The van der Waals surface area contributed by atoms with Gasteiger partial charge in [-0.15, -0.1) is 0 Å². The summed E-state index contributed by atoms with van der Waals surface area (Å²) < 4.78 is 16.0. The first-order chi connectivity index (χ1) is 8.19. The van der Waals surface area contributed by atoms with Crippen molar-refractivity contribution in [2.45, 2.75) is 13.3 Å². The molecule has 94 valence electrons. The Morgan fingerprint density at radius 1 is 1.18 bits per heavy atom. The van der Waals surface area contributed by atoms with Gasteiger partial charge in [0.05, 0.1) is 13.2 Å². The van der Waals surface area contributed by atoms with Crippen LogP contribution < -0.4 is 0 Å². The summed E-state index contributed by atoms with van der Waals surface area (Å²) in [4.78, 5) is 0. The molecule has 1 heterocycles. The fourth-order valence-corrected chi connectivity index (χ4v) is 1.17. The van der Waals surface area contributed by atoms with Gasteiger partial charge in [-0.25, -0.2) is 0 Å². The van der Waals surface area contributed by atoms with Gasteiger partial charge in [-0.2, -0.15) is 0 Å². The standard InChI is InChI=1S/C13H18O4/c1-4-8-15-10(2)12-5-6-13(17-12)11(3)16-9-7-14/h5-6,14H,2-4,7-9H2,1H3. The SMILES string of the molecule is C=C(OCCC)c1ccc(C(=C)OCCO)o1. The third-order valence-corrected chi connectivity index (χ3v) is 2.00. The van der Waals surface area contributed by atoms with Crippen molar-refractivity contribution in [3.8, 4) is 0 Å². The largest absolute Gasteiger partial charge is 0.490 e. The lowest BCUT2D eigenvalue weighted by Crippen LogP contribution is -1.97. The first-order valence-corrected chi connectivity index (χ1v) is 5.53. The molecule has 0 aliphatic carbocycles. The van der Waals surface area contributed by atoms with Crippen LogP contribution in [0.15, 0.2) is 29.7 Å². The molecule has 1 aromatic heterocycles. The summed E-state index contributed by atoms with van der Waals surface area (Å²) in [6.45, 7) is 10.2. The lowest BCUT2D eigenvalue weighted by Gasteiger charge is -2.06. The molecule has 0 fully saturated rings. The first-order valence-electron chi connectivity index (χ1n) is 5.53. The molecule has 0 saturated heterocycles. The van der Waals surface area contributed by atoms with Crippen molar-refractivity contribution in [1.82, 2.24) is 0 Å². The highest BCUT2D eigenvalue weighted by Gasteiger charge is 2.09. The van der Waals surface area contributed by atoms with Gasteiger partial charge in [0, 0.05) is 0 Å². The van der Waals surface area contributed by atoms with E-state index in [1.165, 1.54) is 0 Å². The Morgan fingerprint density at radius 2 is 1.71 bits per heavy atom. The molecule has 0 unspecified atom stereocenters. The summed E-state index contributed by atoms with van der Waals surface area (Å²) in [6, 6.07) is 3.48. The van der Waals surface area contributed by atoms with Crippen molar-refractivity contribution in [2.75, 3.05) is 19.8 Å². The van der Waals surface area contributed by atoms with E-state index in [4.69, 9.17) is 19.0 Å². The second kappa shape index (κ2) is 6.81. The summed E-state index contributed by atoms with van der Waals surface area (Å²) in [5.41, 5.74) is 0. The molecule has 17 heavy (non-hydrogen) atoms. The van der Waals surface area contributed by atoms with Crippen LogP contribution in [0.5, 0.6) is 0 Å². The first kappa shape index (κ1) is 13.4. The number of hydrogen-bond donors (Lipinski definition) is 1. The van der Waals surface area contributed by atoms with E-state index in [9.17, 15) is 0 Å². The number of ether oxygens (including phenoxy) is 2. The van der Waals surface area contributed by atoms with Gasteiger partial charge >= 0.3 is 0 Å². The van der Waals surface area contributed by atoms with Crippen LogP contribution in [-0.4, -0.2) is 24.9 Å². The maximum absolute atomic E-state index is 8.62. The molecule has 1 aromatic rings. The molecule has 0 bridgehead atoms. The second-order valence-corrected chi connectivity index (χ2v) is 3.43. The fourth-order valence-electron chi connectivity index (χ4n) is 1.17. The minimum absolute atomic E-state index is 0.0566. The van der Waals surface area contributed by atoms with Crippen LogP contribution in [0, 0.1) is 0 Å². The molecule has 0 aliphatic rings. The minimum Gasteiger partial charge on any atom is -0.490 e. The van der Waals surface area contributed by atoms with Gasteiger partial charge in [0.15, 0.2) is 23.0 Å². The van der Waals surface area contributed by atoms with Gasteiger partial charge in [-0.1, -0.05) is 20.1 Å². The van der Waals surface area contributed by atoms with Crippen molar-refractivity contribution >= 4 is 11.5 Å². The summed E-state index contributed by atoms with van der Waals surface area (Å²) >= 11 is 0. The highest BCUT2D eigenvalue weighted by molar-refractivity contribution is 5.58. The number of aliphatic hydroxyl groups is 1. The zero-order chi connectivity index (χ0) is 12.7. The number of aliphatic hydroxyl groups excluding tert-OH is 1. The summed E-state index contributed by atoms with van der Waals surface area (Å²) in [5, 5.41) is 8.62. The van der Waals surface area contributed by atoms with Crippen LogP contribution in [0.25, 0.3) is 11.5 Å². The van der Waals surface area contributed by atoms with E-state index in [-0.39, 0.29) is 13.2 Å². The molecule has 1 N–H and O–H groups in total. The molecule has 0 spiro atoms. The Morgan fingerprint density at radius 3 is 2.18 bits per heavy atom. The molecule has 0 aliphatic heterocycles. The van der Waals surface area contributed by atoms with Gasteiger partial charge < -0.3 is 19.0 Å². The van der Waals surface area contributed by atoms with Crippen molar-refractivity contribution < 1.29 is 19.0 Å². The summed E-state index contributed by atoms with van der Waals surface area (Å²) in [5.74, 6) is 1.94. The Bertz CT molecular complexity index is 344. The number of hydrogen-bond acceptors (Lipinski definition) is 4. The van der Waals surface area contributed by atoms with Crippen molar-refractivity contribution in [1.29, 1.82) is 0 Å². The van der Waals surface area contributed by atoms with Crippen LogP contribution in [0.1, 0.15) is 24.9 Å². The highest BCUT2D eigenvalue weighted by Crippen LogP contribution is 2.22. The van der Waals surface area contributed by atoms with Gasteiger partial charge in [0.25, 0.3) is 0 Å². The van der Waals surface area contributed by atoms with E-state index >= 15 is 0 Å². The topological polar surface area (TPSA) is 51.8 Å². The van der Waals surface area contributed by atoms with Crippen LogP contribution in [0.4, 0.5) is 0 Å². The molecule has 0 atom stereocenters. The summed E-state index contributed by atoms with van der Waals surface area (Å²) in [7, 11) is 0. The quantitative estimate of drug-likeness (QED) is 0.707. The third kappa shape index (κ3) is 4.00. The van der Waals surface area contributed by atoms with E-state index in [0.717, 1.165) is 6.42 Å². The number of furan rings is 1. The second-order valence-electron chi connectivity index (χ2n) is 3.43. The molecular formula is C13H18O4. The van der Waals surface area contributed by atoms with Crippen molar-refractivity contribution in [3.05, 3.63) is 36.8 Å². The van der Waals surface area contributed by atoms with Gasteiger partial charge in [0.2, 0.25) is 0 Å². The molecule has 0 radical (unpaired) electrons. The van der Waals surface area contributed by atoms with Crippen molar-refractivity contribution in [2.24, 2.45) is 0 Å². The number of rotatable bonds is 8. The van der Waals surface area contributed by atoms with Gasteiger partial charge in [0.1, 0.15) is 6.61 Å². The lowest BCUT2D eigenvalue weighted by atomic mass is 10.3. The Kier molecular flexibility index (Phi) is 5.36. The van der Waals surface area contributed by atoms with E-state index in [1.807, 2.05) is 6.92 Å². The zero-order valence-corrected chi connectivity index (χ0v) is 10.1. The minimum atomic E-state index is -0.0566. The molecule has 1 rings (SSSR count). The molecule has 4 heteroatoms. The Hall–Kier alpha value is -1.68. The van der Waals surface area contributed by atoms with Crippen molar-refractivity contribution in [3.63, 3.8) is 0 Å². The van der Waals surface area contributed by atoms with Crippen LogP contribution in [0.3, 0.4) is 0 Å².